The Morgan fingerprint density at radius 2 is 1.70 bits per heavy atom. The van der Waals surface area contributed by atoms with Crippen LogP contribution in [0, 0.1) is 6.42 Å². The van der Waals surface area contributed by atoms with Gasteiger partial charge in [-0.1, -0.05) is 67.5 Å². The van der Waals surface area contributed by atoms with Crippen molar-refractivity contribution in [2.45, 2.75) is 33.1 Å². The van der Waals surface area contributed by atoms with Crippen LogP contribution >= 0.6 is 17.2 Å². The summed E-state index contributed by atoms with van der Waals surface area (Å²) in [6.07, 6.45) is 8.27. The van der Waals surface area contributed by atoms with Gasteiger partial charge in [-0.3, -0.25) is 0 Å². The first-order chi connectivity index (χ1) is 11.2. The van der Waals surface area contributed by atoms with Gasteiger partial charge in [-0.25, -0.2) is 0 Å². The fourth-order valence-corrected chi connectivity index (χ4v) is 2.87. The number of rotatable bonds is 4. The monoisotopic (exact) mass is 511 g/mol. The SMILES string of the molecule is CCCCc1ccc(-c2cccc3c2C=C(C)[CH]3)cc1.[Cl][Hf][Cl]. The van der Waals surface area contributed by atoms with Gasteiger partial charge in [-0.2, -0.15) is 0 Å². The van der Waals surface area contributed by atoms with E-state index >= 15 is 0 Å². The molecule has 1 aliphatic carbocycles. The molecule has 23 heavy (non-hydrogen) atoms. The molecule has 0 aliphatic heterocycles. The minimum absolute atomic E-state index is 0.972. The predicted octanol–water partition coefficient (Wildman–Crippen LogP) is 7.04. The van der Waals surface area contributed by atoms with E-state index in [1.807, 2.05) is 0 Å². The molecule has 3 heteroatoms. The molecular weight excluding hydrogens is 490 g/mol. The van der Waals surface area contributed by atoms with Gasteiger partial charge in [0, 0.05) is 6.42 Å². The summed E-state index contributed by atoms with van der Waals surface area (Å²) in [4.78, 5) is 0. The number of hydrogen-bond donors (Lipinski definition) is 0. The Balaban J connectivity index is 0.000000595. The second-order valence-electron chi connectivity index (χ2n) is 5.71. The van der Waals surface area contributed by atoms with E-state index in [2.05, 4.69) is 68.8 Å². The second-order valence-corrected chi connectivity index (χ2v) is 10.9. The van der Waals surface area contributed by atoms with Crippen LogP contribution in [0.2, 0.25) is 0 Å². The Bertz CT molecular complexity index is 660. The average molecular weight is 511 g/mol. The molecule has 1 aliphatic rings. The Hall–Kier alpha value is -0.370. The van der Waals surface area contributed by atoms with E-state index in [-0.39, 0.29) is 0 Å². The van der Waals surface area contributed by atoms with Crippen molar-refractivity contribution in [3.63, 3.8) is 0 Å². The Morgan fingerprint density at radius 1 is 1.00 bits per heavy atom. The summed E-state index contributed by atoms with van der Waals surface area (Å²) in [5, 5.41) is 0. The van der Waals surface area contributed by atoms with Gasteiger partial charge < -0.3 is 0 Å². The van der Waals surface area contributed by atoms with Gasteiger partial charge in [0.25, 0.3) is 0 Å². The fourth-order valence-electron chi connectivity index (χ4n) is 2.87. The molecule has 0 saturated carbocycles. The summed E-state index contributed by atoms with van der Waals surface area (Å²) in [6.45, 7) is 4.41. The molecule has 1 radical (unpaired) electrons. The number of hydrogen-bond acceptors (Lipinski definition) is 0. The van der Waals surface area contributed by atoms with E-state index in [0.717, 1.165) is 0 Å². The van der Waals surface area contributed by atoms with E-state index in [0.29, 0.717) is 0 Å². The minimum atomic E-state index is -0.972. The van der Waals surface area contributed by atoms with Crippen molar-refractivity contribution in [3.8, 4) is 11.1 Å². The molecule has 0 fully saturated rings. The first kappa shape index (κ1) is 19.0. The third kappa shape index (κ3) is 5.31. The van der Waals surface area contributed by atoms with Gasteiger partial charge in [0.15, 0.2) is 0 Å². The van der Waals surface area contributed by atoms with Crippen molar-refractivity contribution < 1.29 is 20.5 Å². The van der Waals surface area contributed by atoms with Crippen molar-refractivity contribution in [3.05, 3.63) is 71.1 Å². The van der Waals surface area contributed by atoms with Crippen molar-refractivity contribution in [1.29, 1.82) is 0 Å². The molecule has 2 aromatic carbocycles. The first-order valence-corrected chi connectivity index (χ1v) is 16.8. The molecule has 0 atom stereocenters. The molecule has 2 aromatic rings. The molecule has 0 N–H and O–H groups in total. The van der Waals surface area contributed by atoms with Crippen molar-refractivity contribution in [1.82, 2.24) is 0 Å². The third-order valence-corrected chi connectivity index (χ3v) is 3.98. The summed E-state index contributed by atoms with van der Waals surface area (Å²) >= 11 is -0.972. The van der Waals surface area contributed by atoms with Gasteiger partial charge in [-0.05, 0) is 47.6 Å². The predicted molar refractivity (Wildman–Crippen MR) is 99.2 cm³/mol. The molecular formula is C20H21Cl2Hf. The van der Waals surface area contributed by atoms with E-state index in [9.17, 15) is 0 Å². The first-order valence-electron chi connectivity index (χ1n) is 7.91. The molecule has 0 heterocycles. The van der Waals surface area contributed by atoms with Crippen LogP contribution in [0.15, 0.2) is 48.0 Å². The summed E-state index contributed by atoms with van der Waals surface area (Å²) in [5.41, 5.74) is 8.16. The van der Waals surface area contributed by atoms with Crippen LogP contribution in [-0.4, -0.2) is 0 Å². The molecule has 3 rings (SSSR count). The van der Waals surface area contributed by atoms with E-state index in [1.165, 1.54) is 52.7 Å². The average Bonchev–Trinajstić information content (AvgIpc) is 2.94. The van der Waals surface area contributed by atoms with Crippen LogP contribution < -0.4 is 0 Å². The number of unbranched alkanes of at least 4 members (excludes halogenated alkanes) is 1. The van der Waals surface area contributed by atoms with Gasteiger partial charge in [0.05, 0.1) is 0 Å². The number of halogens is 2. The summed E-state index contributed by atoms with van der Waals surface area (Å²) < 4.78 is 0. The van der Waals surface area contributed by atoms with Gasteiger partial charge in [-0.15, -0.1) is 0 Å². The molecule has 0 nitrogen and oxygen atoms in total. The summed E-state index contributed by atoms with van der Waals surface area (Å²) in [6, 6.07) is 15.7. The molecule has 0 spiro atoms. The topological polar surface area (TPSA) is 0 Å². The van der Waals surface area contributed by atoms with Gasteiger partial charge in [0.1, 0.15) is 0 Å². The zero-order chi connectivity index (χ0) is 16.7. The van der Waals surface area contributed by atoms with Crippen LogP contribution in [0.3, 0.4) is 0 Å². The van der Waals surface area contributed by atoms with E-state index in [4.69, 9.17) is 17.2 Å². The zero-order valence-electron chi connectivity index (χ0n) is 13.6. The van der Waals surface area contributed by atoms with Crippen molar-refractivity contribution in [2.24, 2.45) is 0 Å². The van der Waals surface area contributed by atoms with Crippen LogP contribution in [-0.2, 0) is 27.0 Å². The number of fused-ring (bicyclic) bond motifs is 1. The van der Waals surface area contributed by atoms with Crippen molar-refractivity contribution >= 4 is 23.2 Å². The Morgan fingerprint density at radius 3 is 2.35 bits per heavy atom. The zero-order valence-corrected chi connectivity index (χ0v) is 18.7. The van der Waals surface area contributed by atoms with Crippen LogP contribution in [0.4, 0.5) is 0 Å². The number of aryl methyl sites for hydroxylation is 1. The Labute approximate surface area is 158 Å². The second kappa shape index (κ2) is 9.81. The Kier molecular flexibility index (Phi) is 8.09. The van der Waals surface area contributed by atoms with Crippen LogP contribution in [0.5, 0.6) is 0 Å². The summed E-state index contributed by atoms with van der Waals surface area (Å²) in [5.74, 6) is 0. The molecule has 0 amide bonds. The molecule has 0 unspecified atom stereocenters. The standard InChI is InChI=1S/C20H21.2ClH.Hf/c1-3-4-6-16-9-11-17(12-10-16)19-8-5-7-18-13-15(2)14-20(18)19;;;/h5,7-14H,3-4,6H2,1-2H3;2*1H;/q;;;+2/p-2. The number of allylic oxidation sites excluding steroid dienone is 1. The van der Waals surface area contributed by atoms with Gasteiger partial charge >= 0.3 is 37.7 Å². The molecule has 119 valence electrons. The van der Waals surface area contributed by atoms with E-state index in [1.54, 1.807) is 0 Å². The van der Waals surface area contributed by atoms with E-state index < -0.39 is 20.5 Å². The maximum absolute atomic E-state index is 4.96. The summed E-state index contributed by atoms with van der Waals surface area (Å²) in [7, 11) is 9.92. The third-order valence-electron chi connectivity index (χ3n) is 3.98. The molecule has 0 aromatic heterocycles. The normalized spacial score (nSPS) is 12.1. The van der Waals surface area contributed by atoms with Crippen LogP contribution in [0.1, 0.15) is 43.4 Å². The van der Waals surface area contributed by atoms with Crippen molar-refractivity contribution in [2.75, 3.05) is 0 Å². The fraction of sp³-hybridized carbons (Fsp3) is 0.250. The quantitative estimate of drug-likeness (QED) is 0.387. The van der Waals surface area contributed by atoms with Gasteiger partial charge in [0.2, 0.25) is 0 Å². The van der Waals surface area contributed by atoms with Crippen LogP contribution in [0.25, 0.3) is 17.2 Å². The number of benzene rings is 2. The molecule has 0 saturated heterocycles. The molecule has 0 bridgehead atoms. The maximum atomic E-state index is 4.96.